The summed E-state index contributed by atoms with van der Waals surface area (Å²) in [4.78, 5) is 18.7. The highest BCUT2D eigenvalue weighted by Gasteiger charge is 2.18. The van der Waals surface area contributed by atoms with Gasteiger partial charge in [-0.3, -0.25) is 4.98 Å². The Hall–Kier alpha value is -2.44. The van der Waals surface area contributed by atoms with E-state index in [-0.39, 0.29) is 0 Å². The number of fused-ring (bicyclic) bond motifs is 1. The smallest absolute Gasteiger partial charge is 0.225 e. The predicted molar refractivity (Wildman–Crippen MR) is 125 cm³/mol. The molecule has 4 rings (SSSR count). The van der Waals surface area contributed by atoms with Crippen molar-refractivity contribution in [3.8, 4) is 0 Å². The van der Waals surface area contributed by atoms with Gasteiger partial charge in [0.25, 0.3) is 0 Å². The van der Waals surface area contributed by atoms with Gasteiger partial charge in [0.05, 0.1) is 5.52 Å². The molecule has 7 heteroatoms. The summed E-state index contributed by atoms with van der Waals surface area (Å²) in [6, 6.07) is 9.94. The summed E-state index contributed by atoms with van der Waals surface area (Å²) in [5.41, 5.74) is 4.15. The molecule has 1 fully saturated rings. The van der Waals surface area contributed by atoms with Crippen LogP contribution < -0.4 is 10.2 Å². The normalized spacial score (nSPS) is 15.0. The molecule has 1 aromatic carbocycles. The molecule has 0 amide bonds. The topological polar surface area (TPSA) is 57.2 Å². The summed E-state index contributed by atoms with van der Waals surface area (Å²) in [7, 11) is 0. The zero-order valence-corrected chi connectivity index (χ0v) is 18.5. The van der Waals surface area contributed by atoms with E-state index in [4.69, 9.17) is 16.6 Å². The van der Waals surface area contributed by atoms with Gasteiger partial charge in [-0.2, -0.15) is 0 Å². The molecule has 158 valence electrons. The molecular weight excluding hydrogens is 396 g/mol. The highest BCUT2D eigenvalue weighted by atomic mass is 35.5. The van der Waals surface area contributed by atoms with Crippen LogP contribution in [0.25, 0.3) is 10.9 Å². The molecule has 0 radical (unpaired) electrons. The van der Waals surface area contributed by atoms with Crippen molar-refractivity contribution in [2.45, 2.75) is 26.7 Å². The van der Waals surface area contributed by atoms with Crippen LogP contribution in [-0.2, 0) is 6.42 Å². The molecule has 30 heavy (non-hydrogen) atoms. The van der Waals surface area contributed by atoms with E-state index in [0.717, 1.165) is 86.0 Å². The number of pyridine rings is 1. The lowest BCUT2D eigenvalue weighted by molar-refractivity contribution is 0.270. The molecule has 2 aromatic heterocycles. The lowest BCUT2D eigenvalue weighted by Gasteiger charge is -2.34. The number of hydrogen-bond donors (Lipinski definition) is 1. The van der Waals surface area contributed by atoms with Crippen LogP contribution in [0.15, 0.2) is 36.5 Å². The molecule has 0 saturated carbocycles. The van der Waals surface area contributed by atoms with Gasteiger partial charge >= 0.3 is 0 Å². The maximum atomic E-state index is 6.08. The molecule has 6 nitrogen and oxygen atoms in total. The molecule has 0 aliphatic carbocycles. The Kier molecular flexibility index (Phi) is 6.65. The van der Waals surface area contributed by atoms with E-state index in [2.05, 4.69) is 45.0 Å². The minimum Gasteiger partial charge on any atom is -0.384 e. The highest BCUT2D eigenvalue weighted by molar-refractivity contribution is 6.31. The first-order chi connectivity index (χ1) is 14.6. The molecule has 1 N–H and O–H groups in total. The second-order valence-electron chi connectivity index (χ2n) is 7.77. The number of likely N-dealkylation sites (N-methyl/N-ethyl adjacent to an activating group) is 1. The summed E-state index contributed by atoms with van der Waals surface area (Å²) < 4.78 is 0. The molecule has 3 aromatic rings. The van der Waals surface area contributed by atoms with E-state index >= 15 is 0 Å². The molecule has 1 aliphatic rings. The van der Waals surface area contributed by atoms with E-state index in [1.54, 1.807) is 0 Å². The number of nitrogens with zero attached hydrogens (tertiary/aromatic N) is 5. The van der Waals surface area contributed by atoms with E-state index in [0.29, 0.717) is 5.02 Å². The standard InChI is InChI=1S/C23H29ClN6/c1-3-29-11-13-30(14-12-29)23-27-17(2)15-19(28-23)5-4-9-25-21-8-10-26-22-16-18(24)6-7-20(21)22/h6-8,10,15-16H,3-5,9,11-14H2,1-2H3,(H,25,26). The predicted octanol–water partition coefficient (Wildman–Crippen LogP) is 4.17. The van der Waals surface area contributed by atoms with Crippen molar-refractivity contribution in [2.75, 3.05) is 49.5 Å². The monoisotopic (exact) mass is 424 g/mol. The summed E-state index contributed by atoms with van der Waals surface area (Å²) in [5.74, 6) is 0.880. The fourth-order valence-electron chi connectivity index (χ4n) is 3.92. The van der Waals surface area contributed by atoms with Gasteiger partial charge in [0.1, 0.15) is 0 Å². The molecule has 0 bridgehead atoms. The maximum absolute atomic E-state index is 6.08. The maximum Gasteiger partial charge on any atom is 0.225 e. The van der Waals surface area contributed by atoms with Crippen molar-refractivity contribution in [3.05, 3.63) is 52.9 Å². The Morgan fingerprint density at radius 1 is 1.07 bits per heavy atom. The summed E-state index contributed by atoms with van der Waals surface area (Å²) in [6.45, 7) is 10.4. The highest BCUT2D eigenvalue weighted by Crippen LogP contribution is 2.24. The third-order valence-electron chi connectivity index (χ3n) is 5.63. The number of nitrogens with one attached hydrogen (secondary N) is 1. The average Bonchev–Trinajstić information content (AvgIpc) is 2.76. The Morgan fingerprint density at radius 2 is 1.90 bits per heavy atom. The Morgan fingerprint density at radius 3 is 2.70 bits per heavy atom. The number of hydrogen-bond acceptors (Lipinski definition) is 6. The van der Waals surface area contributed by atoms with Crippen LogP contribution in [0.4, 0.5) is 11.6 Å². The van der Waals surface area contributed by atoms with Gasteiger partial charge in [-0.15, -0.1) is 0 Å². The van der Waals surface area contributed by atoms with Crippen molar-refractivity contribution in [2.24, 2.45) is 0 Å². The number of benzene rings is 1. The van der Waals surface area contributed by atoms with Crippen molar-refractivity contribution in [3.63, 3.8) is 0 Å². The van der Waals surface area contributed by atoms with Gasteiger partial charge in [-0.1, -0.05) is 18.5 Å². The van der Waals surface area contributed by atoms with Crippen molar-refractivity contribution < 1.29 is 0 Å². The number of anilines is 2. The van der Waals surface area contributed by atoms with Gasteiger partial charge in [0.2, 0.25) is 5.95 Å². The second-order valence-corrected chi connectivity index (χ2v) is 8.21. The molecular formula is C23H29ClN6. The van der Waals surface area contributed by atoms with Crippen LogP contribution >= 0.6 is 11.6 Å². The fourth-order valence-corrected chi connectivity index (χ4v) is 4.08. The second kappa shape index (κ2) is 9.58. The molecule has 0 spiro atoms. The van der Waals surface area contributed by atoms with E-state index in [9.17, 15) is 0 Å². The first-order valence-corrected chi connectivity index (χ1v) is 11.1. The lowest BCUT2D eigenvalue weighted by atomic mass is 10.1. The van der Waals surface area contributed by atoms with Gasteiger partial charge in [-0.05, 0) is 56.6 Å². The first kappa shape index (κ1) is 20.8. The minimum atomic E-state index is 0.707. The van der Waals surface area contributed by atoms with Crippen molar-refractivity contribution >= 4 is 34.1 Å². The average molecular weight is 425 g/mol. The summed E-state index contributed by atoms with van der Waals surface area (Å²) >= 11 is 6.08. The van der Waals surface area contributed by atoms with Gasteiger partial charge in [-0.25, -0.2) is 9.97 Å². The minimum absolute atomic E-state index is 0.707. The lowest BCUT2D eigenvalue weighted by Crippen LogP contribution is -2.46. The largest absolute Gasteiger partial charge is 0.384 e. The van der Waals surface area contributed by atoms with E-state index < -0.39 is 0 Å². The molecule has 3 heterocycles. The number of piperazine rings is 1. The molecule has 0 atom stereocenters. The van der Waals surface area contributed by atoms with Crippen LogP contribution in [0.1, 0.15) is 24.7 Å². The van der Waals surface area contributed by atoms with Crippen molar-refractivity contribution in [1.29, 1.82) is 0 Å². The quantitative estimate of drug-likeness (QED) is 0.574. The van der Waals surface area contributed by atoms with Crippen LogP contribution in [-0.4, -0.2) is 59.1 Å². The zero-order valence-electron chi connectivity index (χ0n) is 17.7. The van der Waals surface area contributed by atoms with Crippen LogP contribution in [0.2, 0.25) is 5.02 Å². The van der Waals surface area contributed by atoms with E-state index in [1.807, 2.05) is 30.5 Å². The molecule has 0 unspecified atom stereocenters. The van der Waals surface area contributed by atoms with Crippen LogP contribution in [0, 0.1) is 6.92 Å². The summed E-state index contributed by atoms with van der Waals surface area (Å²) in [5, 5.41) is 5.34. The van der Waals surface area contributed by atoms with Gasteiger partial charge < -0.3 is 15.1 Å². The van der Waals surface area contributed by atoms with Gasteiger partial charge in [0.15, 0.2) is 0 Å². The summed E-state index contributed by atoms with van der Waals surface area (Å²) in [6.07, 6.45) is 3.74. The Bertz CT molecular complexity index is 1000. The number of aromatic nitrogens is 3. The van der Waals surface area contributed by atoms with Gasteiger partial charge in [0, 0.05) is 66.4 Å². The van der Waals surface area contributed by atoms with Crippen LogP contribution in [0.5, 0.6) is 0 Å². The SMILES string of the molecule is CCN1CCN(c2nc(C)cc(CCCNc3ccnc4cc(Cl)ccc34)n2)CC1. The third-order valence-corrected chi connectivity index (χ3v) is 5.86. The fraction of sp³-hybridized carbons (Fsp3) is 0.435. The number of rotatable bonds is 7. The van der Waals surface area contributed by atoms with Crippen molar-refractivity contribution in [1.82, 2.24) is 19.9 Å². The van der Waals surface area contributed by atoms with Crippen LogP contribution in [0.3, 0.4) is 0 Å². The molecule has 1 aliphatic heterocycles. The zero-order chi connectivity index (χ0) is 20.9. The Labute approximate surface area is 183 Å². The van der Waals surface area contributed by atoms with E-state index in [1.165, 1.54) is 0 Å². The Balaban J connectivity index is 1.35. The first-order valence-electron chi connectivity index (χ1n) is 10.7. The number of halogens is 1. The number of aryl methyl sites for hydroxylation is 2. The molecule has 1 saturated heterocycles. The third kappa shape index (κ3) is 4.99.